The van der Waals surface area contributed by atoms with Crippen LogP contribution in [0.4, 0.5) is 18.9 Å². The van der Waals surface area contributed by atoms with Crippen LogP contribution in [-0.2, 0) is 6.18 Å². The zero-order valence-electron chi connectivity index (χ0n) is 12.5. The maximum absolute atomic E-state index is 12.9. The van der Waals surface area contributed by atoms with Crippen LogP contribution >= 0.6 is 0 Å². The van der Waals surface area contributed by atoms with Crippen LogP contribution < -0.4 is 10.5 Å². The van der Waals surface area contributed by atoms with Crippen molar-refractivity contribution in [1.82, 2.24) is 0 Å². The smallest absolute Gasteiger partial charge is 0.416 e. The van der Waals surface area contributed by atoms with Crippen molar-refractivity contribution < 1.29 is 22.7 Å². The highest BCUT2D eigenvalue weighted by molar-refractivity contribution is 6.11. The molecule has 0 saturated heterocycles. The summed E-state index contributed by atoms with van der Waals surface area (Å²) in [7, 11) is 0. The third-order valence-electron chi connectivity index (χ3n) is 3.16. The van der Waals surface area contributed by atoms with Crippen LogP contribution in [0.5, 0.6) is 5.75 Å². The molecule has 0 spiro atoms. The molecule has 0 saturated carbocycles. The quantitative estimate of drug-likeness (QED) is 0.659. The Bertz CT molecular complexity index is 711. The number of ether oxygens (including phenoxy) is 1. The van der Waals surface area contributed by atoms with Gasteiger partial charge in [-0.3, -0.25) is 4.79 Å². The molecule has 0 amide bonds. The summed E-state index contributed by atoms with van der Waals surface area (Å²) in [6.45, 7) is 2.17. The topological polar surface area (TPSA) is 52.3 Å². The molecule has 0 aromatic heterocycles. The Morgan fingerprint density at radius 3 is 2.52 bits per heavy atom. The lowest BCUT2D eigenvalue weighted by molar-refractivity contribution is -0.137. The molecule has 0 unspecified atom stereocenters. The van der Waals surface area contributed by atoms with Crippen LogP contribution in [-0.4, -0.2) is 12.4 Å². The Hall–Kier alpha value is -2.50. The van der Waals surface area contributed by atoms with Gasteiger partial charge in [-0.05, 0) is 36.8 Å². The van der Waals surface area contributed by atoms with Crippen LogP contribution in [0.1, 0.15) is 34.8 Å². The van der Waals surface area contributed by atoms with E-state index in [4.69, 9.17) is 10.5 Å². The minimum atomic E-state index is -4.53. The fraction of sp³-hybridized carbons (Fsp3) is 0.235. The number of benzene rings is 2. The number of nitrogen functional groups attached to an aromatic ring is 1. The van der Waals surface area contributed by atoms with Crippen molar-refractivity contribution in [2.75, 3.05) is 12.3 Å². The van der Waals surface area contributed by atoms with Crippen LogP contribution in [0, 0.1) is 0 Å². The lowest BCUT2D eigenvalue weighted by Gasteiger charge is -2.14. The average Bonchev–Trinajstić information content (AvgIpc) is 2.51. The van der Waals surface area contributed by atoms with E-state index in [-0.39, 0.29) is 16.9 Å². The van der Waals surface area contributed by atoms with Gasteiger partial charge in [0.05, 0.1) is 17.7 Å². The second kappa shape index (κ2) is 6.73. The highest BCUT2D eigenvalue weighted by Gasteiger charge is 2.32. The van der Waals surface area contributed by atoms with E-state index in [9.17, 15) is 18.0 Å². The van der Waals surface area contributed by atoms with Gasteiger partial charge in [0.25, 0.3) is 0 Å². The fourth-order valence-electron chi connectivity index (χ4n) is 2.06. The van der Waals surface area contributed by atoms with Gasteiger partial charge in [0.15, 0.2) is 5.78 Å². The van der Waals surface area contributed by atoms with Crippen LogP contribution in [0.15, 0.2) is 42.5 Å². The zero-order valence-corrected chi connectivity index (χ0v) is 12.5. The van der Waals surface area contributed by atoms with E-state index in [1.165, 1.54) is 18.2 Å². The second-order valence-electron chi connectivity index (χ2n) is 5.01. The molecule has 2 aromatic carbocycles. The lowest BCUT2D eigenvalue weighted by atomic mass is 9.99. The predicted molar refractivity (Wildman–Crippen MR) is 81.5 cm³/mol. The van der Waals surface area contributed by atoms with E-state index in [0.717, 1.165) is 12.1 Å². The minimum Gasteiger partial charge on any atom is -0.493 e. The first-order valence-corrected chi connectivity index (χ1v) is 7.07. The van der Waals surface area contributed by atoms with Gasteiger partial charge in [-0.25, -0.2) is 0 Å². The monoisotopic (exact) mass is 323 g/mol. The average molecular weight is 323 g/mol. The molecular formula is C17H16F3NO2. The molecule has 0 aliphatic rings. The number of nitrogens with two attached hydrogens (primary N) is 1. The molecule has 0 bridgehead atoms. The van der Waals surface area contributed by atoms with E-state index < -0.39 is 17.5 Å². The van der Waals surface area contributed by atoms with Gasteiger partial charge >= 0.3 is 6.18 Å². The first-order valence-electron chi connectivity index (χ1n) is 7.07. The Morgan fingerprint density at radius 2 is 1.91 bits per heavy atom. The summed E-state index contributed by atoms with van der Waals surface area (Å²) in [5, 5.41) is 0. The highest BCUT2D eigenvalue weighted by Crippen LogP contribution is 2.33. The molecule has 0 atom stereocenters. The standard InChI is InChI=1S/C17H16F3NO2/c1-2-8-23-15-7-6-12(17(18,19)20)10-14(15)16(22)11-4-3-5-13(21)9-11/h3-7,9-10H,2,8,21H2,1H3. The van der Waals surface area contributed by atoms with Gasteiger partial charge in [-0.1, -0.05) is 19.1 Å². The maximum atomic E-state index is 12.9. The molecule has 23 heavy (non-hydrogen) atoms. The van der Waals surface area contributed by atoms with Crippen molar-refractivity contribution in [1.29, 1.82) is 0 Å². The Kier molecular flexibility index (Phi) is 4.93. The first-order chi connectivity index (χ1) is 10.8. The summed E-state index contributed by atoms with van der Waals surface area (Å²) in [6, 6.07) is 8.99. The summed E-state index contributed by atoms with van der Waals surface area (Å²) in [5.41, 5.74) is 5.18. The number of rotatable bonds is 5. The van der Waals surface area contributed by atoms with Crippen molar-refractivity contribution in [3.8, 4) is 5.75 Å². The second-order valence-corrected chi connectivity index (χ2v) is 5.01. The van der Waals surface area contributed by atoms with E-state index in [1.807, 2.05) is 6.92 Å². The summed E-state index contributed by atoms with van der Waals surface area (Å²) in [5.74, 6) is -0.429. The van der Waals surface area contributed by atoms with Gasteiger partial charge in [0.2, 0.25) is 0 Å². The number of hydrogen-bond donors (Lipinski definition) is 1. The molecular weight excluding hydrogens is 307 g/mol. The third-order valence-corrected chi connectivity index (χ3v) is 3.16. The highest BCUT2D eigenvalue weighted by atomic mass is 19.4. The van der Waals surface area contributed by atoms with E-state index in [2.05, 4.69) is 0 Å². The number of carbonyl (C=O) groups excluding carboxylic acids is 1. The SMILES string of the molecule is CCCOc1ccc(C(F)(F)F)cc1C(=O)c1cccc(N)c1. The van der Waals surface area contributed by atoms with Crippen molar-refractivity contribution in [2.24, 2.45) is 0 Å². The largest absolute Gasteiger partial charge is 0.493 e. The molecule has 0 heterocycles. The Balaban J connectivity index is 2.49. The summed E-state index contributed by atoms with van der Waals surface area (Å²) >= 11 is 0. The maximum Gasteiger partial charge on any atom is 0.416 e. The van der Waals surface area contributed by atoms with E-state index >= 15 is 0 Å². The zero-order chi connectivity index (χ0) is 17.0. The van der Waals surface area contributed by atoms with Crippen molar-refractivity contribution in [2.45, 2.75) is 19.5 Å². The van der Waals surface area contributed by atoms with Gasteiger partial charge in [0, 0.05) is 11.3 Å². The van der Waals surface area contributed by atoms with E-state index in [0.29, 0.717) is 18.7 Å². The number of anilines is 1. The Morgan fingerprint density at radius 1 is 1.17 bits per heavy atom. The molecule has 0 radical (unpaired) electrons. The molecule has 2 rings (SSSR count). The van der Waals surface area contributed by atoms with Crippen LogP contribution in [0.2, 0.25) is 0 Å². The molecule has 2 aromatic rings. The van der Waals surface area contributed by atoms with Gasteiger partial charge in [-0.2, -0.15) is 13.2 Å². The van der Waals surface area contributed by atoms with Gasteiger partial charge in [-0.15, -0.1) is 0 Å². The number of hydrogen-bond acceptors (Lipinski definition) is 3. The lowest BCUT2D eigenvalue weighted by Crippen LogP contribution is -2.11. The normalized spacial score (nSPS) is 11.3. The van der Waals surface area contributed by atoms with Crippen molar-refractivity contribution >= 4 is 11.5 Å². The number of halogens is 3. The van der Waals surface area contributed by atoms with E-state index in [1.54, 1.807) is 12.1 Å². The molecule has 6 heteroatoms. The molecule has 3 nitrogen and oxygen atoms in total. The number of ketones is 1. The molecule has 2 N–H and O–H groups in total. The van der Waals surface area contributed by atoms with Gasteiger partial charge in [0.1, 0.15) is 5.75 Å². The van der Waals surface area contributed by atoms with Crippen LogP contribution in [0.25, 0.3) is 0 Å². The third kappa shape index (κ3) is 4.03. The van der Waals surface area contributed by atoms with Gasteiger partial charge < -0.3 is 10.5 Å². The Labute approximate surface area is 131 Å². The first kappa shape index (κ1) is 16.9. The number of carbonyl (C=O) groups is 1. The van der Waals surface area contributed by atoms with Crippen molar-refractivity contribution in [3.05, 3.63) is 59.2 Å². The summed E-state index contributed by atoms with van der Waals surface area (Å²) < 4.78 is 44.1. The summed E-state index contributed by atoms with van der Waals surface area (Å²) in [6.07, 6.45) is -3.86. The fourth-order valence-corrected chi connectivity index (χ4v) is 2.06. The van der Waals surface area contributed by atoms with Crippen molar-refractivity contribution in [3.63, 3.8) is 0 Å². The summed E-state index contributed by atoms with van der Waals surface area (Å²) in [4.78, 5) is 12.6. The predicted octanol–water partition coefficient (Wildman–Crippen LogP) is 4.31. The molecule has 122 valence electrons. The van der Waals surface area contributed by atoms with Crippen LogP contribution in [0.3, 0.4) is 0 Å². The number of alkyl halides is 3. The minimum absolute atomic E-state index is 0.126. The molecule has 0 aliphatic carbocycles. The molecule has 0 aliphatic heterocycles. The molecule has 0 fully saturated rings.